The molecule has 0 saturated carbocycles. The second kappa shape index (κ2) is 3.77. The third kappa shape index (κ3) is 1.86. The van der Waals surface area contributed by atoms with E-state index in [1.54, 1.807) is 13.4 Å². The Labute approximate surface area is 89.3 Å². The number of imidazole rings is 1. The van der Waals surface area contributed by atoms with Gasteiger partial charge in [-0.2, -0.15) is 0 Å². The fourth-order valence-electron chi connectivity index (χ4n) is 1.57. The molecule has 0 aliphatic rings. The molecule has 0 unspecified atom stereocenters. The van der Waals surface area contributed by atoms with E-state index in [-0.39, 0.29) is 0 Å². The van der Waals surface area contributed by atoms with E-state index in [1.807, 2.05) is 29.9 Å². The highest BCUT2D eigenvalue weighted by atomic mass is 16.5. The smallest absolute Gasteiger partial charge is 0.128 e. The third-order valence-corrected chi connectivity index (χ3v) is 2.34. The Balaban J connectivity index is 2.55. The fourth-order valence-corrected chi connectivity index (χ4v) is 1.57. The van der Waals surface area contributed by atoms with Gasteiger partial charge in [-0.1, -0.05) is 11.6 Å². The molecular weight excluding hydrogens is 188 g/mol. The Hall–Kier alpha value is -1.77. The molecule has 0 atom stereocenters. The van der Waals surface area contributed by atoms with Gasteiger partial charge in [-0.15, -0.1) is 0 Å². The number of aryl methyl sites for hydroxylation is 2. The SMILES string of the molecule is COc1ccc(C)cc1-c1cn(C)cn1. The van der Waals surface area contributed by atoms with Crippen molar-refractivity contribution in [1.29, 1.82) is 0 Å². The molecule has 0 fully saturated rings. The van der Waals surface area contributed by atoms with Gasteiger partial charge in [0.25, 0.3) is 0 Å². The molecular formula is C12H14N2O. The van der Waals surface area contributed by atoms with Gasteiger partial charge < -0.3 is 9.30 Å². The highest BCUT2D eigenvalue weighted by Crippen LogP contribution is 2.29. The Bertz CT molecular complexity index is 474. The number of ether oxygens (including phenoxy) is 1. The summed E-state index contributed by atoms with van der Waals surface area (Å²) in [6.45, 7) is 2.06. The van der Waals surface area contributed by atoms with Crippen molar-refractivity contribution in [1.82, 2.24) is 9.55 Å². The molecule has 3 heteroatoms. The van der Waals surface area contributed by atoms with Crippen LogP contribution in [-0.2, 0) is 7.05 Å². The molecule has 15 heavy (non-hydrogen) atoms. The quantitative estimate of drug-likeness (QED) is 0.747. The minimum atomic E-state index is 0.860. The molecule has 1 aromatic carbocycles. The van der Waals surface area contributed by atoms with Crippen molar-refractivity contribution in [3.05, 3.63) is 36.3 Å². The number of hydrogen-bond donors (Lipinski definition) is 0. The maximum absolute atomic E-state index is 5.31. The largest absolute Gasteiger partial charge is 0.496 e. The summed E-state index contributed by atoms with van der Waals surface area (Å²) in [5.41, 5.74) is 3.19. The van der Waals surface area contributed by atoms with Crippen LogP contribution in [-0.4, -0.2) is 16.7 Å². The summed E-state index contributed by atoms with van der Waals surface area (Å²) in [6.07, 6.45) is 3.77. The average Bonchev–Trinajstić information content (AvgIpc) is 2.65. The monoisotopic (exact) mass is 202 g/mol. The molecule has 0 N–H and O–H groups in total. The van der Waals surface area contributed by atoms with E-state index in [4.69, 9.17) is 4.74 Å². The van der Waals surface area contributed by atoms with Crippen LogP contribution in [0.15, 0.2) is 30.7 Å². The van der Waals surface area contributed by atoms with Crippen molar-refractivity contribution >= 4 is 0 Å². The first-order valence-electron chi connectivity index (χ1n) is 4.83. The molecule has 0 amide bonds. The van der Waals surface area contributed by atoms with Crippen LogP contribution in [0.3, 0.4) is 0 Å². The molecule has 0 radical (unpaired) electrons. The van der Waals surface area contributed by atoms with Crippen LogP contribution in [0, 0.1) is 6.92 Å². The standard InChI is InChI=1S/C12H14N2O/c1-9-4-5-12(15-3)10(6-9)11-7-14(2)8-13-11/h4-8H,1-3H3. The van der Waals surface area contributed by atoms with Gasteiger partial charge in [0.05, 0.1) is 19.1 Å². The fraction of sp³-hybridized carbons (Fsp3) is 0.250. The lowest BCUT2D eigenvalue weighted by Gasteiger charge is -2.06. The van der Waals surface area contributed by atoms with E-state index < -0.39 is 0 Å². The van der Waals surface area contributed by atoms with Gasteiger partial charge in [0.15, 0.2) is 0 Å². The molecule has 0 spiro atoms. The number of nitrogens with zero attached hydrogens (tertiary/aromatic N) is 2. The maximum Gasteiger partial charge on any atom is 0.128 e. The van der Waals surface area contributed by atoms with Crippen LogP contribution in [0.5, 0.6) is 5.75 Å². The van der Waals surface area contributed by atoms with Crippen molar-refractivity contribution in [2.75, 3.05) is 7.11 Å². The molecule has 78 valence electrons. The topological polar surface area (TPSA) is 27.1 Å². The van der Waals surface area contributed by atoms with E-state index in [0.29, 0.717) is 0 Å². The second-order valence-electron chi connectivity index (χ2n) is 3.63. The van der Waals surface area contributed by atoms with Crippen molar-refractivity contribution < 1.29 is 4.74 Å². The van der Waals surface area contributed by atoms with Gasteiger partial charge in [0.2, 0.25) is 0 Å². The minimum Gasteiger partial charge on any atom is -0.496 e. The zero-order chi connectivity index (χ0) is 10.8. The summed E-state index contributed by atoms with van der Waals surface area (Å²) in [5.74, 6) is 0.860. The molecule has 0 bridgehead atoms. The third-order valence-electron chi connectivity index (χ3n) is 2.34. The Morgan fingerprint density at radius 1 is 1.33 bits per heavy atom. The average molecular weight is 202 g/mol. The summed E-state index contributed by atoms with van der Waals surface area (Å²) in [5, 5.41) is 0. The summed E-state index contributed by atoms with van der Waals surface area (Å²) in [7, 11) is 3.63. The van der Waals surface area contributed by atoms with Crippen molar-refractivity contribution in [2.24, 2.45) is 7.05 Å². The molecule has 3 nitrogen and oxygen atoms in total. The zero-order valence-corrected chi connectivity index (χ0v) is 9.19. The van der Waals surface area contributed by atoms with Crippen LogP contribution in [0.2, 0.25) is 0 Å². The van der Waals surface area contributed by atoms with Crippen LogP contribution < -0.4 is 4.74 Å². The second-order valence-corrected chi connectivity index (χ2v) is 3.63. The molecule has 2 aromatic rings. The van der Waals surface area contributed by atoms with E-state index in [1.165, 1.54) is 5.56 Å². The number of benzene rings is 1. The summed E-state index contributed by atoms with van der Waals surface area (Å²) in [6, 6.07) is 6.09. The van der Waals surface area contributed by atoms with E-state index in [0.717, 1.165) is 17.0 Å². The van der Waals surface area contributed by atoms with Crippen LogP contribution in [0.4, 0.5) is 0 Å². The van der Waals surface area contributed by atoms with Crippen molar-refractivity contribution in [3.8, 4) is 17.0 Å². The van der Waals surface area contributed by atoms with Crippen molar-refractivity contribution in [2.45, 2.75) is 6.92 Å². The first-order valence-corrected chi connectivity index (χ1v) is 4.83. The lowest BCUT2D eigenvalue weighted by atomic mass is 10.1. The van der Waals surface area contributed by atoms with Crippen LogP contribution in [0.25, 0.3) is 11.3 Å². The van der Waals surface area contributed by atoms with Gasteiger partial charge >= 0.3 is 0 Å². The number of methoxy groups -OCH3 is 1. The van der Waals surface area contributed by atoms with Gasteiger partial charge in [-0.05, 0) is 19.1 Å². The predicted molar refractivity (Wildman–Crippen MR) is 59.9 cm³/mol. The van der Waals surface area contributed by atoms with Gasteiger partial charge in [0, 0.05) is 18.8 Å². The van der Waals surface area contributed by atoms with E-state index in [2.05, 4.69) is 18.0 Å². The lowest BCUT2D eigenvalue weighted by molar-refractivity contribution is 0.416. The zero-order valence-electron chi connectivity index (χ0n) is 9.19. The number of hydrogen-bond acceptors (Lipinski definition) is 2. The molecule has 1 aromatic heterocycles. The lowest BCUT2D eigenvalue weighted by Crippen LogP contribution is -1.88. The first-order chi connectivity index (χ1) is 7.20. The Morgan fingerprint density at radius 3 is 2.73 bits per heavy atom. The first kappa shape index (κ1) is 9.77. The summed E-state index contributed by atoms with van der Waals surface area (Å²) >= 11 is 0. The number of rotatable bonds is 2. The summed E-state index contributed by atoms with van der Waals surface area (Å²) in [4.78, 5) is 4.32. The highest BCUT2D eigenvalue weighted by molar-refractivity contribution is 5.67. The Morgan fingerprint density at radius 2 is 2.13 bits per heavy atom. The molecule has 1 heterocycles. The van der Waals surface area contributed by atoms with Gasteiger partial charge in [0.1, 0.15) is 5.75 Å². The predicted octanol–water partition coefficient (Wildman–Crippen LogP) is 2.40. The number of aromatic nitrogens is 2. The molecule has 2 rings (SSSR count). The van der Waals surface area contributed by atoms with Crippen LogP contribution >= 0.6 is 0 Å². The highest BCUT2D eigenvalue weighted by Gasteiger charge is 2.07. The van der Waals surface area contributed by atoms with Gasteiger partial charge in [-0.25, -0.2) is 4.98 Å². The van der Waals surface area contributed by atoms with E-state index in [9.17, 15) is 0 Å². The van der Waals surface area contributed by atoms with E-state index >= 15 is 0 Å². The van der Waals surface area contributed by atoms with Crippen molar-refractivity contribution in [3.63, 3.8) is 0 Å². The van der Waals surface area contributed by atoms with Gasteiger partial charge in [-0.3, -0.25) is 0 Å². The minimum absolute atomic E-state index is 0.860. The normalized spacial score (nSPS) is 10.3. The Kier molecular flexibility index (Phi) is 2.46. The van der Waals surface area contributed by atoms with Crippen LogP contribution in [0.1, 0.15) is 5.56 Å². The molecule has 0 aliphatic carbocycles. The maximum atomic E-state index is 5.31. The molecule has 0 saturated heterocycles. The summed E-state index contributed by atoms with van der Waals surface area (Å²) < 4.78 is 7.24. The molecule has 0 aliphatic heterocycles.